The van der Waals surface area contributed by atoms with Crippen molar-refractivity contribution in [2.75, 3.05) is 20.1 Å². The van der Waals surface area contributed by atoms with Gasteiger partial charge in [-0.25, -0.2) is 4.79 Å². The Hall–Kier alpha value is -1.26. The number of carbonyl (C=O) groups is 1. The topological polar surface area (TPSA) is 52.6 Å². The Bertz CT molecular complexity index is 501. The van der Waals surface area contributed by atoms with Gasteiger partial charge in [0.25, 0.3) is 0 Å². The highest BCUT2D eigenvalue weighted by molar-refractivity contribution is 6.31. The molecule has 1 saturated carbocycles. The van der Waals surface area contributed by atoms with E-state index in [-0.39, 0.29) is 11.4 Å². The number of carbonyl (C=O) groups excluding carboxylic acids is 1. The average Bonchev–Trinajstić information content (AvgIpc) is 3.23. The van der Waals surface area contributed by atoms with Gasteiger partial charge in [-0.15, -0.1) is 0 Å². The summed E-state index contributed by atoms with van der Waals surface area (Å²) in [7, 11) is 1.74. The van der Waals surface area contributed by atoms with Gasteiger partial charge in [0, 0.05) is 30.6 Å². The van der Waals surface area contributed by atoms with Gasteiger partial charge in [0.15, 0.2) is 0 Å². The minimum atomic E-state index is -0.391. The first-order valence-corrected chi connectivity index (χ1v) is 7.74. The van der Waals surface area contributed by atoms with Crippen molar-refractivity contribution in [3.63, 3.8) is 0 Å². The van der Waals surface area contributed by atoms with Crippen molar-refractivity contribution in [3.05, 3.63) is 34.9 Å². The number of rotatable bonds is 6. The minimum Gasteiger partial charge on any atom is -0.393 e. The number of aliphatic hydroxyl groups excluding tert-OH is 1. The second-order valence-electron chi connectivity index (χ2n) is 5.98. The van der Waals surface area contributed by atoms with Gasteiger partial charge in [0.05, 0.1) is 6.10 Å². The summed E-state index contributed by atoms with van der Waals surface area (Å²) in [4.78, 5) is 13.7. The maximum Gasteiger partial charge on any atom is 0.317 e. The summed E-state index contributed by atoms with van der Waals surface area (Å²) in [5.74, 6) is 0. The smallest absolute Gasteiger partial charge is 0.317 e. The molecule has 21 heavy (non-hydrogen) atoms. The molecular formula is C16H23ClN2O2. The summed E-state index contributed by atoms with van der Waals surface area (Å²) < 4.78 is 0. The highest BCUT2D eigenvalue weighted by atomic mass is 35.5. The molecule has 0 radical (unpaired) electrons. The molecule has 4 nitrogen and oxygen atoms in total. The van der Waals surface area contributed by atoms with E-state index in [0.29, 0.717) is 19.5 Å². The van der Waals surface area contributed by atoms with Crippen LogP contribution in [0.2, 0.25) is 5.02 Å². The molecule has 1 aromatic rings. The van der Waals surface area contributed by atoms with Crippen LogP contribution in [0, 0.1) is 0 Å². The zero-order valence-electron chi connectivity index (χ0n) is 12.6. The Morgan fingerprint density at radius 2 is 2.14 bits per heavy atom. The van der Waals surface area contributed by atoms with Crippen LogP contribution in [0.3, 0.4) is 0 Å². The Balaban J connectivity index is 1.88. The molecule has 1 atom stereocenters. The van der Waals surface area contributed by atoms with Gasteiger partial charge >= 0.3 is 6.03 Å². The van der Waals surface area contributed by atoms with Crippen molar-refractivity contribution >= 4 is 17.6 Å². The van der Waals surface area contributed by atoms with Gasteiger partial charge in [-0.2, -0.15) is 0 Å². The highest BCUT2D eigenvalue weighted by Crippen LogP contribution is 2.49. The second-order valence-corrected chi connectivity index (χ2v) is 6.39. The lowest BCUT2D eigenvalue weighted by Crippen LogP contribution is -2.41. The number of benzene rings is 1. The van der Waals surface area contributed by atoms with Crippen LogP contribution >= 0.6 is 11.6 Å². The molecule has 1 aliphatic carbocycles. The van der Waals surface area contributed by atoms with Crippen LogP contribution in [0.25, 0.3) is 0 Å². The Morgan fingerprint density at radius 3 is 2.71 bits per heavy atom. The number of halogens is 1. The number of nitrogens with one attached hydrogen (secondary N) is 1. The van der Waals surface area contributed by atoms with Gasteiger partial charge in [-0.3, -0.25) is 0 Å². The van der Waals surface area contributed by atoms with E-state index >= 15 is 0 Å². The van der Waals surface area contributed by atoms with Crippen LogP contribution in [0.1, 0.15) is 31.7 Å². The molecule has 0 aliphatic heterocycles. The first kappa shape index (κ1) is 16.1. The third kappa shape index (κ3) is 4.11. The van der Waals surface area contributed by atoms with Gasteiger partial charge in [-0.05, 0) is 37.8 Å². The van der Waals surface area contributed by atoms with Crippen LogP contribution < -0.4 is 5.32 Å². The molecule has 2 N–H and O–H groups in total. The number of aliphatic hydroxyl groups is 1. The lowest BCUT2D eigenvalue weighted by molar-refractivity contribution is 0.163. The van der Waals surface area contributed by atoms with E-state index < -0.39 is 6.10 Å². The molecule has 2 amide bonds. The fraction of sp³-hybridized carbons (Fsp3) is 0.562. The van der Waals surface area contributed by atoms with E-state index in [4.69, 9.17) is 11.6 Å². The lowest BCUT2D eigenvalue weighted by Gasteiger charge is -2.22. The van der Waals surface area contributed by atoms with Crippen LogP contribution in [0.4, 0.5) is 4.79 Å². The van der Waals surface area contributed by atoms with E-state index in [1.807, 2.05) is 24.3 Å². The van der Waals surface area contributed by atoms with Gasteiger partial charge in [0.1, 0.15) is 0 Å². The van der Waals surface area contributed by atoms with Crippen molar-refractivity contribution in [2.45, 2.75) is 37.7 Å². The molecule has 0 aromatic heterocycles. The van der Waals surface area contributed by atoms with E-state index in [0.717, 1.165) is 23.4 Å². The number of hydrogen-bond acceptors (Lipinski definition) is 2. The monoisotopic (exact) mass is 310 g/mol. The second kappa shape index (κ2) is 6.67. The summed E-state index contributed by atoms with van der Waals surface area (Å²) in [5.41, 5.74) is 1.12. The highest BCUT2D eigenvalue weighted by Gasteiger charge is 2.45. The van der Waals surface area contributed by atoms with E-state index in [1.165, 1.54) is 0 Å². The lowest BCUT2D eigenvalue weighted by atomic mass is 9.96. The minimum absolute atomic E-state index is 0.000879. The molecule has 0 unspecified atom stereocenters. The molecule has 116 valence electrons. The standard InChI is InChI=1S/C16H23ClN2O2/c1-12(20)7-10-19(2)15(21)18-11-16(8-9-16)13-5-3-4-6-14(13)17/h3-6,12,20H,7-11H2,1-2H3,(H,18,21)/t12-/m1/s1. The number of nitrogens with zero attached hydrogens (tertiary/aromatic N) is 1. The molecule has 2 rings (SSSR count). The first-order valence-electron chi connectivity index (χ1n) is 7.37. The van der Waals surface area contributed by atoms with Crippen LogP contribution in [0.5, 0.6) is 0 Å². The molecular weight excluding hydrogens is 288 g/mol. The van der Waals surface area contributed by atoms with Crippen LogP contribution in [-0.4, -0.2) is 42.3 Å². The molecule has 1 fully saturated rings. The fourth-order valence-electron chi connectivity index (χ4n) is 2.45. The van der Waals surface area contributed by atoms with Gasteiger partial charge < -0.3 is 15.3 Å². The van der Waals surface area contributed by atoms with E-state index in [2.05, 4.69) is 5.32 Å². The van der Waals surface area contributed by atoms with Crippen molar-refractivity contribution < 1.29 is 9.90 Å². The summed E-state index contributed by atoms with van der Waals surface area (Å²) >= 11 is 6.26. The molecule has 0 bridgehead atoms. The number of hydrogen-bond donors (Lipinski definition) is 2. The summed E-state index contributed by atoms with van der Waals surface area (Å²) in [6.45, 7) is 2.87. The predicted octanol–water partition coefficient (Wildman–Crippen LogP) is 2.78. The molecule has 1 aliphatic rings. The van der Waals surface area contributed by atoms with Crippen molar-refractivity contribution in [3.8, 4) is 0 Å². The molecule has 0 saturated heterocycles. The predicted molar refractivity (Wildman–Crippen MR) is 84.7 cm³/mol. The first-order chi connectivity index (χ1) is 9.94. The zero-order valence-corrected chi connectivity index (χ0v) is 13.4. The van der Waals surface area contributed by atoms with Gasteiger partial charge in [-0.1, -0.05) is 29.8 Å². The Morgan fingerprint density at radius 1 is 1.48 bits per heavy atom. The maximum absolute atomic E-state index is 12.0. The normalized spacial score (nSPS) is 17.1. The van der Waals surface area contributed by atoms with Crippen LogP contribution in [0.15, 0.2) is 24.3 Å². The molecule has 0 heterocycles. The van der Waals surface area contributed by atoms with Crippen LogP contribution in [-0.2, 0) is 5.41 Å². The fourth-order valence-corrected chi connectivity index (χ4v) is 2.78. The SMILES string of the molecule is C[C@@H](O)CCN(C)C(=O)NCC1(c2ccccc2Cl)CC1. The summed E-state index contributed by atoms with van der Waals surface area (Å²) in [6.07, 6.45) is 2.29. The van der Waals surface area contributed by atoms with Crippen molar-refractivity contribution in [1.29, 1.82) is 0 Å². The van der Waals surface area contributed by atoms with Gasteiger partial charge in [0.2, 0.25) is 0 Å². The largest absolute Gasteiger partial charge is 0.393 e. The Kier molecular flexibility index (Phi) is 5.12. The molecule has 1 aromatic carbocycles. The third-order valence-corrected chi connectivity index (χ3v) is 4.44. The molecule has 5 heteroatoms. The van der Waals surface area contributed by atoms with Crippen molar-refractivity contribution in [1.82, 2.24) is 10.2 Å². The average molecular weight is 311 g/mol. The summed E-state index contributed by atoms with van der Waals surface area (Å²) in [5, 5.41) is 13.0. The van der Waals surface area contributed by atoms with E-state index in [9.17, 15) is 9.90 Å². The zero-order chi connectivity index (χ0) is 15.5. The number of amides is 2. The quantitative estimate of drug-likeness (QED) is 0.849. The summed E-state index contributed by atoms with van der Waals surface area (Å²) in [6, 6.07) is 7.74. The molecule has 0 spiro atoms. The Labute approximate surface area is 131 Å². The maximum atomic E-state index is 12.0. The third-order valence-electron chi connectivity index (χ3n) is 4.11. The van der Waals surface area contributed by atoms with E-state index in [1.54, 1.807) is 18.9 Å². The van der Waals surface area contributed by atoms with Crippen molar-refractivity contribution in [2.24, 2.45) is 0 Å². The number of urea groups is 1.